The summed E-state index contributed by atoms with van der Waals surface area (Å²) in [5, 5.41) is 0. The van der Waals surface area contributed by atoms with Crippen molar-refractivity contribution in [2.45, 2.75) is 27.2 Å². The van der Waals surface area contributed by atoms with Gasteiger partial charge in [-0.25, -0.2) is 4.99 Å². The number of ketones is 1. The average molecular weight is 306 g/mol. The zero-order valence-electron chi connectivity index (χ0n) is 14.0. The van der Waals surface area contributed by atoms with Gasteiger partial charge in [0.15, 0.2) is 5.78 Å². The highest BCUT2D eigenvalue weighted by atomic mass is 16.1. The van der Waals surface area contributed by atoms with E-state index in [0.717, 1.165) is 30.2 Å². The smallest absolute Gasteiger partial charge is 0.178 e. The summed E-state index contributed by atoms with van der Waals surface area (Å²) in [6.45, 7) is 10.5. The molecular formula is C20H22N2O. The highest BCUT2D eigenvalue weighted by Gasteiger charge is 2.50. The van der Waals surface area contributed by atoms with Crippen molar-refractivity contribution < 1.29 is 4.79 Å². The summed E-state index contributed by atoms with van der Waals surface area (Å²) < 4.78 is 0. The first-order valence-corrected chi connectivity index (χ1v) is 7.99. The quantitative estimate of drug-likeness (QED) is 0.767. The molecule has 0 radical (unpaired) electrons. The van der Waals surface area contributed by atoms with E-state index in [-0.39, 0.29) is 5.78 Å². The maximum atomic E-state index is 13.1. The van der Waals surface area contributed by atoms with Crippen LogP contribution < -0.4 is 4.90 Å². The van der Waals surface area contributed by atoms with E-state index in [9.17, 15) is 4.79 Å². The Morgan fingerprint density at radius 2 is 2.00 bits per heavy atom. The number of fused-ring (bicyclic) bond motifs is 1. The molecule has 0 aliphatic carbocycles. The Hall–Kier alpha value is -2.42. The molecular weight excluding hydrogens is 284 g/mol. The lowest BCUT2D eigenvalue weighted by molar-refractivity contribution is -0.120. The SMILES string of the molecule is C=C/C=C1/C(=O)C2(C)CCN(c3ccc(C)cc3)C2=N/C1=C/C. The third-order valence-electron chi connectivity index (χ3n) is 4.74. The van der Waals surface area contributed by atoms with Crippen molar-refractivity contribution in [3.8, 4) is 0 Å². The molecule has 1 atom stereocenters. The number of carbonyl (C=O) groups is 1. The Morgan fingerprint density at radius 1 is 1.30 bits per heavy atom. The predicted octanol–water partition coefficient (Wildman–Crippen LogP) is 4.21. The summed E-state index contributed by atoms with van der Waals surface area (Å²) in [5.74, 6) is 1.01. The van der Waals surface area contributed by atoms with Crippen LogP contribution in [0.3, 0.4) is 0 Å². The number of carbonyl (C=O) groups excluding carboxylic acids is 1. The highest BCUT2D eigenvalue weighted by molar-refractivity contribution is 6.25. The molecule has 1 aromatic carbocycles. The maximum Gasteiger partial charge on any atom is 0.178 e. The highest BCUT2D eigenvalue weighted by Crippen LogP contribution is 2.43. The fourth-order valence-corrected chi connectivity index (χ4v) is 3.31. The van der Waals surface area contributed by atoms with Crippen LogP contribution in [-0.4, -0.2) is 18.2 Å². The van der Waals surface area contributed by atoms with Crippen LogP contribution in [0.5, 0.6) is 0 Å². The van der Waals surface area contributed by atoms with Crippen LogP contribution in [0.1, 0.15) is 25.8 Å². The van der Waals surface area contributed by atoms with E-state index in [2.05, 4.69) is 42.7 Å². The van der Waals surface area contributed by atoms with Crippen LogP contribution in [0, 0.1) is 12.3 Å². The lowest BCUT2D eigenvalue weighted by atomic mass is 9.77. The van der Waals surface area contributed by atoms with Crippen LogP contribution in [0.15, 0.2) is 65.3 Å². The van der Waals surface area contributed by atoms with Gasteiger partial charge >= 0.3 is 0 Å². The number of anilines is 1. The van der Waals surface area contributed by atoms with Gasteiger partial charge in [0, 0.05) is 17.8 Å². The lowest BCUT2D eigenvalue weighted by Crippen LogP contribution is -2.42. The second kappa shape index (κ2) is 5.65. The van der Waals surface area contributed by atoms with Crippen molar-refractivity contribution in [3.05, 3.63) is 65.9 Å². The number of amidine groups is 1. The van der Waals surface area contributed by atoms with Gasteiger partial charge in [-0.15, -0.1) is 0 Å². The predicted molar refractivity (Wildman–Crippen MR) is 95.7 cm³/mol. The minimum atomic E-state index is -0.549. The van der Waals surface area contributed by atoms with Gasteiger partial charge in [-0.2, -0.15) is 0 Å². The number of nitrogens with zero attached hydrogens (tertiary/aromatic N) is 2. The third kappa shape index (κ3) is 2.37. The number of benzene rings is 1. The number of hydrogen-bond donors (Lipinski definition) is 0. The summed E-state index contributed by atoms with van der Waals surface area (Å²) >= 11 is 0. The van der Waals surface area contributed by atoms with Crippen molar-refractivity contribution in [1.29, 1.82) is 0 Å². The van der Waals surface area contributed by atoms with E-state index in [0.29, 0.717) is 5.57 Å². The van der Waals surface area contributed by atoms with Crippen LogP contribution in [0.4, 0.5) is 5.69 Å². The standard InChI is InChI=1S/C20H22N2O/c1-5-7-16-17(6-2)21-19-20(4,18(16)23)12-13-22(19)15-10-8-14(3)9-11-15/h5-11H,1,12-13H2,2-4H3/b16-7+,17-6+. The van der Waals surface area contributed by atoms with Crippen molar-refractivity contribution >= 4 is 17.3 Å². The second-order valence-electron chi connectivity index (χ2n) is 6.32. The molecule has 2 aliphatic rings. The fraction of sp³-hybridized carbons (Fsp3) is 0.300. The number of Topliss-reactive ketones (excluding diaryl/α,β-unsaturated/α-hetero) is 1. The van der Waals surface area contributed by atoms with Crippen LogP contribution in [-0.2, 0) is 4.79 Å². The first kappa shape index (κ1) is 15.5. The molecule has 3 heteroatoms. The first-order chi connectivity index (χ1) is 11.0. The average Bonchev–Trinajstić information content (AvgIpc) is 2.89. The number of hydrogen-bond acceptors (Lipinski definition) is 3. The molecule has 3 nitrogen and oxygen atoms in total. The lowest BCUT2D eigenvalue weighted by Gasteiger charge is -2.32. The van der Waals surface area contributed by atoms with Crippen LogP contribution >= 0.6 is 0 Å². The summed E-state index contributed by atoms with van der Waals surface area (Å²) in [6, 6.07) is 8.38. The van der Waals surface area contributed by atoms with Crippen molar-refractivity contribution in [3.63, 3.8) is 0 Å². The number of rotatable bonds is 2. The molecule has 2 heterocycles. The molecule has 1 saturated heterocycles. The van der Waals surface area contributed by atoms with E-state index in [1.54, 1.807) is 12.2 Å². The minimum absolute atomic E-state index is 0.144. The number of allylic oxidation sites excluding steroid dienone is 4. The second-order valence-corrected chi connectivity index (χ2v) is 6.32. The molecule has 1 fully saturated rings. The summed E-state index contributed by atoms with van der Waals surface area (Å²) in [4.78, 5) is 20.1. The van der Waals surface area contributed by atoms with Gasteiger partial charge in [-0.3, -0.25) is 4.79 Å². The zero-order chi connectivity index (χ0) is 16.6. The van der Waals surface area contributed by atoms with E-state index in [4.69, 9.17) is 4.99 Å². The Kier molecular flexibility index (Phi) is 3.80. The van der Waals surface area contributed by atoms with E-state index < -0.39 is 5.41 Å². The molecule has 0 amide bonds. The van der Waals surface area contributed by atoms with Gasteiger partial charge in [-0.1, -0.05) is 36.4 Å². The minimum Gasteiger partial charge on any atom is -0.329 e. The van der Waals surface area contributed by atoms with E-state index >= 15 is 0 Å². The Bertz CT molecular complexity index is 752. The first-order valence-electron chi connectivity index (χ1n) is 7.99. The summed E-state index contributed by atoms with van der Waals surface area (Å²) in [5.41, 5.74) is 3.17. The molecule has 0 bridgehead atoms. The van der Waals surface area contributed by atoms with Gasteiger partial charge in [-0.05, 0) is 45.4 Å². The molecule has 0 N–H and O–H groups in total. The molecule has 0 aromatic heterocycles. The molecule has 0 spiro atoms. The summed E-state index contributed by atoms with van der Waals surface area (Å²) in [7, 11) is 0. The van der Waals surface area contributed by atoms with Crippen molar-refractivity contribution in [2.75, 3.05) is 11.4 Å². The Morgan fingerprint density at radius 3 is 2.61 bits per heavy atom. The van der Waals surface area contributed by atoms with Gasteiger partial charge in [0.05, 0.1) is 11.1 Å². The Balaban J connectivity index is 2.11. The zero-order valence-corrected chi connectivity index (χ0v) is 14.0. The van der Waals surface area contributed by atoms with Gasteiger partial charge in [0.25, 0.3) is 0 Å². The van der Waals surface area contributed by atoms with E-state index in [1.807, 2.05) is 19.9 Å². The van der Waals surface area contributed by atoms with Gasteiger partial charge in [0.2, 0.25) is 0 Å². The van der Waals surface area contributed by atoms with Crippen LogP contribution in [0.2, 0.25) is 0 Å². The normalized spacial score (nSPS) is 27.3. The number of aryl methyl sites for hydroxylation is 1. The monoisotopic (exact) mass is 306 g/mol. The molecule has 23 heavy (non-hydrogen) atoms. The molecule has 1 unspecified atom stereocenters. The molecule has 118 valence electrons. The van der Waals surface area contributed by atoms with Gasteiger partial charge < -0.3 is 4.90 Å². The summed E-state index contributed by atoms with van der Waals surface area (Å²) in [6.07, 6.45) is 6.11. The third-order valence-corrected chi connectivity index (χ3v) is 4.74. The van der Waals surface area contributed by atoms with Crippen molar-refractivity contribution in [1.82, 2.24) is 0 Å². The van der Waals surface area contributed by atoms with E-state index in [1.165, 1.54) is 5.56 Å². The topological polar surface area (TPSA) is 32.7 Å². The molecule has 0 saturated carbocycles. The molecule has 2 aliphatic heterocycles. The fourth-order valence-electron chi connectivity index (χ4n) is 3.31. The maximum absolute atomic E-state index is 13.1. The van der Waals surface area contributed by atoms with Crippen molar-refractivity contribution in [2.24, 2.45) is 10.4 Å². The molecule has 3 rings (SSSR count). The van der Waals surface area contributed by atoms with Gasteiger partial charge in [0.1, 0.15) is 5.84 Å². The Labute approximate surface area is 137 Å². The van der Waals surface area contributed by atoms with Crippen LogP contribution in [0.25, 0.3) is 0 Å². The number of aliphatic imine (C=N–C) groups is 1. The largest absolute Gasteiger partial charge is 0.329 e. The molecule has 1 aromatic rings.